The van der Waals surface area contributed by atoms with Crippen LogP contribution in [0.15, 0.2) is 35.9 Å². The summed E-state index contributed by atoms with van der Waals surface area (Å²) in [6.45, 7) is 4.14. The second-order valence-electron chi connectivity index (χ2n) is 4.47. The smallest absolute Gasteiger partial charge is 0.254 e. The monoisotopic (exact) mass is 230 g/mol. The molecule has 1 aromatic carbocycles. The Bertz CT molecular complexity index is 434. The molecule has 2 N–H and O–H groups in total. The van der Waals surface area contributed by atoms with E-state index in [-0.39, 0.29) is 5.91 Å². The van der Waals surface area contributed by atoms with E-state index in [2.05, 4.69) is 13.0 Å². The highest BCUT2D eigenvalue weighted by atomic mass is 16.2. The number of nitrogens with two attached hydrogens (primary N) is 1. The molecule has 0 radical (unpaired) electrons. The summed E-state index contributed by atoms with van der Waals surface area (Å²) in [5, 5.41) is 0. The van der Waals surface area contributed by atoms with Crippen molar-refractivity contribution in [1.82, 2.24) is 4.90 Å². The second kappa shape index (κ2) is 5.15. The lowest BCUT2D eigenvalue weighted by Gasteiger charge is -2.26. The minimum atomic E-state index is 0.112. The van der Waals surface area contributed by atoms with Crippen molar-refractivity contribution in [3.63, 3.8) is 0 Å². The molecular formula is C14H18N2O. The van der Waals surface area contributed by atoms with E-state index < -0.39 is 0 Å². The van der Waals surface area contributed by atoms with Crippen molar-refractivity contribution in [2.24, 2.45) is 5.73 Å². The molecule has 0 bridgehead atoms. The summed E-state index contributed by atoms with van der Waals surface area (Å²) in [7, 11) is 0. The molecule has 0 saturated carbocycles. The van der Waals surface area contributed by atoms with Crippen LogP contribution in [0.4, 0.5) is 0 Å². The predicted molar refractivity (Wildman–Crippen MR) is 68.6 cm³/mol. The van der Waals surface area contributed by atoms with E-state index in [0.717, 1.165) is 30.6 Å². The number of rotatable bonds is 2. The van der Waals surface area contributed by atoms with Gasteiger partial charge in [-0.1, -0.05) is 23.8 Å². The van der Waals surface area contributed by atoms with Gasteiger partial charge in [0.05, 0.1) is 0 Å². The summed E-state index contributed by atoms with van der Waals surface area (Å²) in [4.78, 5) is 14.1. The molecule has 0 aromatic heterocycles. The average molecular weight is 230 g/mol. The molecule has 90 valence electrons. The van der Waals surface area contributed by atoms with Gasteiger partial charge in [-0.25, -0.2) is 0 Å². The Hall–Kier alpha value is -1.61. The Balaban J connectivity index is 2.11. The number of carbonyl (C=O) groups excluding carboxylic acids is 1. The zero-order valence-electron chi connectivity index (χ0n) is 10.1. The van der Waals surface area contributed by atoms with Crippen LogP contribution in [0.3, 0.4) is 0 Å². The lowest BCUT2D eigenvalue weighted by Crippen LogP contribution is -2.35. The SMILES string of the molecule is CC1=CCCN(C(=O)c2ccc(CN)cc2)C1. The number of hydrogen-bond donors (Lipinski definition) is 1. The van der Waals surface area contributed by atoms with Crippen molar-refractivity contribution in [2.45, 2.75) is 19.9 Å². The minimum Gasteiger partial charge on any atom is -0.334 e. The summed E-state index contributed by atoms with van der Waals surface area (Å²) < 4.78 is 0. The van der Waals surface area contributed by atoms with Crippen molar-refractivity contribution < 1.29 is 4.79 Å². The molecule has 2 rings (SSSR count). The molecule has 0 spiro atoms. The summed E-state index contributed by atoms with van der Waals surface area (Å²) in [6.07, 6.45) is 3.15. The van der Waals surface area contributed by atoms with Gasteiger partial charge in [0, 0.05) is 25.2 Å². The van der Waals surface area contributed by atoms with Crippen LogP contribution >= 0.6 is 0 Å². The van der Waals surface area contributed by atoms with Gasteiger partial charge in [0.2, 0.25) is 0 Å². The maximum Gasteiger partial charge on any atom is 0.254 e. The van der Waals surface area contributed by atoms with Crippen LogP contribution in [0.5, 0.6) is 0 Å². The fourth-order valence-corrected chi connectivity index (χ4v) is 2.05. The molecule has 0 atom stereocenters. The van der Waals surface area contributed by atoms with E-state index in [1.807, 2.05) is 29.2 Å². The Morgan fingerprint density at radius 1 is 1.35 bits per heavy atom. The number of hydrogen-bond acceptors (Lipinski definition) is 2. The molecular weight excluding hydrogens is 212 g/mol. The first-order valence-electron chi connectivity index (χ1n) is 5.94. The predicted octanol–water partition coefficient (Wildman–Crippen LogP) is 1.94. The van der Waals surface area contributed by atoms with E-state index in [1.165, 1.54) is 5.57 Å². The number of carbonyl (C=O) groups is 1. The number of benzene rings is 1. The molecule has 0 unspecified atom stereocenters. The zero-order valence-corrected chi connectivity index (χ0v) is 10.1. The highest BCUT2D eigenvalue weighted by molar-refractivity contribution is 5.94. The molecule has 3 heteroatoms. The third-order valence-corrected chi connectivity index (χ3v) is 3.06. The molecule has 0 fully saturated rings. The van der Waals surface area contributed by atoms with E-state index in [1.54, 1.807) is 0 Å². The van der Waals surface area contributed by atoms with Crippen LogP contribution in [0, 0.1) is 0 Å². The summed E-state index contributed by atoms with van der Waals surface area (Å²) in [6, 6.07) is 7.55. The highest BCUT2D eigenvalue weighted by Crippen LogP contribution is 2.13. The topological polar surface area (TPSA) is 46.3 Å². The molecule has 0 aliphatic carbocycles. The van der Waals surface area contributed by atoms with Crippen LogP contribution < -0.4 is 5.73 Å². The van der Waals surface area contributed by atoms with Gasteiger partial charge in [-0.2, -0.15) is 0 Å². The highest BCUT2D eigenvalue weighted by Gasteiger charge is 2.17. The van der Waals surface area contributed by atoms with Crippen LogP contribution in [-0.4, -0.2) is 23.9 Å². The number of amides is 1. The molecule has 3 nitrogen and oxygen atoms in total. The summed E-state index contributed by atoms with van der Waals surface area (Å²) >= 11 is 0. The Kier molecular flexibility index (Phi) is 3.59. The van der Waals surface area contributed by atoms with E-state index in [9.17, 15) is 4.79 Å². The first-order chi connectivity index (χ1) is 8.20. The summed E-state index contributed by atoms with van der Waals surface area (Å²) in [5.41, 5.74) is 8.60. The first-order valence-corrected chi connectivity index (χ1v) is 5.94. The van der Waals surface area contributed by atoms with Gasteiger partial charge in [-0.05, 0) is 31.0 Å². The molecule has 1 aromatic rings. The van der Waals surface area contributed by atoms with Gasteiger partial charge in [-0.15, -0.1) is 0 Å². The standard InChI is InChI=1S/C14H18N2O/c1-11-3-2-8-16(10-11)14(17)13-6-4-12(9-15)5-7-13/h3-7H,2,8-10,15H2,1H3. The van der Waals surface area contributed by atoms with Gasteiger partial charge in [0.25, 0.3) is 5.91 Å². The Morgan fingerprint density at radius 2 is 2.06 bits per heavy atom. The number of nitrogens with zero attached hydrogens (tertiary/aromatic N) is 1. The fourth-order valence-electron chi connectivity index (χ4n) is 2.05. The second-order valence-corrected chi connectivity index (χ2v) is 4.47. The zero-order chi connectivity index (χ0) is 12.3. The molecule has 1 aliphatic heterocycles. The lowest BCUT2D eigenvalue weighted by atomic mass is 10.1. The lowest BCUT2D eigenvalue weighted by molar-refractivity contribution is 0.0766. The van der Waals surface area contributed by atoms with Crippen molar-refractivity contribution in [1.29, 1.82) is 0 Å². The minimum absolute atomic E-state index is 0.112. The Labute approximate surface area is 102 Å². The third kappa shape index (κ3) is 2.74. The molecule has 1 aliphatic rings. The van der Waals surface area contributed by atoms with Crippen molar-refractivity contribution in [3.05, 3.63) is 47.0 Å². The van der Waals surface area contributed by atoms with Gasteiger partial charge >= 0.3 is 0 Å². The summed E-state index contributed by atoms with van der Waals surface area (Å²) in [5.74, 6) is 0.112. The average Bonchev–Trinajstić information content (AvgIpc) is 2.38. The van der Waals surface area contributed by atoms with Gasteiger partial charge in [0.1, 0.15) is 0 Å². The molecule has 0 saturated heterocycles. The first kappa shape index (κ1) is 11.9. The third-order valence-electron chi connectivity index (χ3n) is 3.06. The maximum atomic E-state index is 12.2. The van der Waals surface area contributed by atoms with Gasteiger partial charge in [-0.3, -0.25) is 4.79 Å². The van der Waals surface area contributed by atoms with E-state index >= 15 is 0 Å². The normalized spacial score (nSPS) is 15.6. The quantitative estimate of drug-likeness (QED) is 0.789. The van der Waals surface area contributed by atoms with E-state index in [0.29, 0.717) is 6.54 Å². The fraction of sp³-hybridized carbons (Fsp3) is 0.357. The largest absolute Gasteiger partial charge is 0.334 e. The van der Waals surface area contributed by atoms with E-state index in [4.69, 9.17) is 5.73 Å². The maximum absolute atomic E-state index is 12.2. The molecule has 1 heterocycles. The van der Waals surface area contributed by atoms with Gasteiger partial charge in [0.15, 0.2) is 0 Å². The van der Waals surface area contributed by atoms with Crippen LogP contribution in [0.25, 0.3) is 0 Å². The van der Waals surface area contributed by atoms with Gasteiger partial charge < -0.3 is 10.6 Å². The molecule has 17 heavy (non-hydrogen) atoms. The van der Waals surface area contributed by atoms with Crippen LogP contribution in [0.2, 0.25) is 0 Å². The van der Waals surface area contributed by atoms with Crippen LogP contribution in [0.1, 0.15) is 29.3 Å². The molecule has 1 amide bonds. The van der Waals surface area contributed by atoms with Crippen molar-refractivity contribution >= 4 is 5.91 Å². The van der Waals surface area contributed by atoms with Crippen LogP contribution in [-0.2, 0) is 6.54 Å². The van der Waals surface area contributed by atoms with Crippen molar-refractivity contribution in [3.8, 4) is 0 Å². The van der Waals surface area contributed by atoms with Crippen molar-refractivity contribution in [2.75, 3.05) is 13.1 Å². The Morgan fingerprint density at radius 3 is 2.65 bits per heavy atom.